The zero-order chi connectivity index (χ0) is 22.4. The summed E-state index contributed by atoms with van der Waals surface area (Å²) in [6.45, 7) is 3.74. The highest BCUT2D eigenvalue weighted by Crippen LogP contribution is 2.40. The maximum absolute atomic E-state index is 13.4. The highest BCUT2D eigenvalue weighted by Gasteiger charge is 2.48. The van der Waals surface area contributed by atoms with E-state index in [0.29, 0.717) is 19.3 Å². The third-order valence-electron chi connectivity index (χ3n) is 6.58. The maximum atomic E-state index is 13.4. The second kappa shape index (κ2) is 10.8. The molecule has 1 amide bonds. The molecule has 0 radical (unpaired) electrons. The Balaban J connectivity index is 1.70. The number of rotatable bonds is 9. The molecule has 1 aliphatic heterocycles. The van der Waals surface area contributed by atoms with E-state index in [0.717, 1.165) is 31.2 Å². The van der Waals surface area contributed by atoms with Crippen molar-refractivity contribution in [1.29, 1.82) is 0 Å². The van der Waals surface area contributed by atoms with E-state index in [1.807, 2.05) is 30.3 Å². The van der Waals surface area contributed by atoms with E-state index in [4.69, 9.17) is 4.74 Å². The van der Waals surface area contributed by atoms with Crippen LogP contribution in [0, 0.1) is 5.92 Å². The number of fused-ring (bicyclic) bond motifs is 1. The number of esters is 1. The fraction of sp³-hybridized carbons (Fsp3) is 0.625. The van der Waals surface area contributed by atoms with Gasteiger partial charge in [-0.05, 0) is 57.4 Å². The lowest BCUT2D eigenvalue weighted by Crippen LogP contribution is -2.55. The highest BCUT2D eigenvalue weighted by molar-refractivity contribution is 5.88. The smallest absolute Gasteiger partial charge is 0.326 e. The van der Waals surface area contributed by atoms with Crippen molar-refractivity contribution in [3.8, 4) is 0 Å². The van der Waals surface area contributed by atoms with Crippen molar-refractivity contribution in [1.82, 2.24) is 10.2 Å². The van der Waals surface area contributed by atoms with Crippen LogP contribution in [0.15, 0.2) is 30.3 Å². The zero-order valence-corrected chi connectivity index (χ0v) is 18.5. The quantitative estimate of drug-likeness (QED) is 0.585. The number of aliphatic carboxylic acids is 1. The molecule has 2 N–H and O–H groups in total. The molecule has 1 saturated heterocycles. The molecule has 1 heterocycles. The summed E-state index contributed by atoms with van der Waals surface area (Å²) >= 11 is 0. The van der Waals surface area contributed by atoms with Crippen LogP contribution in [0.1, 0.15) is 57.9 Å². The molecule has 1 aromatic rings. The topological polar surface area (TPSA) is 95.9 Å². The first kappa shape index (κ1) is 23.3. The molecule has 31 heavy (non-hydrogen) atoms. The van der Waals surface area contributed by atoms with Crippen LogP contribution in [0.25, 0.3) is 0 Å². The lowest BCUT2D eigenvalue weighted by Gasteiger charge is -2.35. The summed E-state index contributed by atoms with van der Waals surface area (Å²) in [5.41, 5.74) is 1.10. The molecule has 0 spiro atoms. The van der Waals surface area contributed by atoms with Gasteiger partial charge in [0.25, 0.3) is 0 Å². The average Bonchev–Trinajstić information content (AvgIpc) is 3.16. The number of carboxylic acids is 1. The Bertz CT molecular complexity index is 768. The minimum absolute atomic E-state index is 0.0167. The molecule has 1 saturated carbocycles. The van der Waals surface area contributed by atoms with Gasteiger partial charge in [0.2, 0.25) is 5.91 Å². The number of carbonyl (C=O) groups is 3. The number of likely N-dealkylation sites (tertiary alicyclic amines) is 1. The molecule has 5 atom stereocenters. The summed E-state index contributed by atoms with van der Waals surface area (Å²) in [5.74, 6) is -1.31. The van der Waals surface area contributed by atoms with Crippen LogP contribution in [0.2, 0.25) is 0 Å². The number of hydrogen-bond donors (Lipinski definition) is 2. The SMILES string of the molecule is CCOC(=O)[C@H](CCc1ccccc1)N[C@@H](C)C(=O)N1[C@@H](C(=O)O)CC2CCCC[C@H]21. The Morgan fingerprint density at radius 1 is 1.19 bits per heavy atom. The summed E-state index contributed by atoms with van der Waals surface area (Å²) in [6.07, 6.45) is 5.62. The van der Waals surface area contributed by atoms with Crippen LogP contribution in [0.5, 0.6) is 0 Å². The summed E-state index contributed by atoms with van der Waals surface area (Å²) in [5, 5.41) is 12.9. The van der Waals surface area contributed by atoms with Gasteiger partial charge in [-0.3, -0.25) is 14.9 Å². The second-order valence-corrected chi connectivity index (χ2v) is 8.66. The van der Waals surface area contributed by atoms with Gasteiger partial charge in [-0.2, -0.15) is 0 Å². The monoisotopic (exact) mass is 430 g/mol. The molecule has 1 unspecified atom stereocenters. The number of aryl methyl sites for hydroxylation is 1. The van der Waals surface area contributed by atoms with Gasteiger partial charge < -0.3 is 14.7 Å². The van der Waals surface area contributed by atoms with Crippen LogP contribution < -0.4 is 5.32 Å². The van der Waals surface area contributed by atoms with Crippen LogP contribution >= 0.6 is 0 Å². The van der Waals surface area contributed by atoms with Crippen molar-refractivity contribution in [2.45, 2.75) is 83.0 Å². The molecule has 2 aliphatic rings. The van der Waals surface area contributed by atoms with Crippen molar-refractivity contribution >= 4 is 17.8 Å². The zero-order valence-electron chi connectivity index (χ0n) is 18.5. The van der Waals surface area contributed by atoms with Gasteiger partial charge in [0.05, 0.1) is 12.6 Å². The summed E-state index contributed by atoms with van der Waals surface area (Å²) in [6, 6.07) is 7.75. The lowest BCUT2D eigenvalue weighted by atomic mass is 9.84. The summed E-state index contributed by atoms with van der Waals surface area (Å²) in [7, 11) is 0. The first-order valence-electron chi connectivity index (χ1n) is 11.4. The number of carboxylic acid groups (broad SMARTS) is 1. The van der Waals surface area contributed by atoms with E-state index in [2.05, 4.69) is 5.32 Å². The Morgan fingerprint density at radius 3 is 2.58 bits per heavy atom. The number of nitrogens with zero attached hydrogens (tertiary/aromatic N) is 1. The van der Waals surface area contributed by atoms with Crippen LogP contribution in [-0.2, 0) is 25.5 Å². The largest absolute Gasteiger partial charge is 0.480 e. The van der Waals surface area contributed by atoms with Crippen molar-refractivity contribution in [3.05, 3.63) is 35.9 Å². The number of benzene rings is 1. The predicted molar refractivity (Wildman–Crippen MR) is 116 cm³/mol. The molecule has 1 aliphatic carbocycles. The Kier molecular flexibility index (Phi) is 8.07. The number of nitrogens with one attached hydrogen (secondary N) is 1. The van der Waals surface area contributed by atoms with Crippen molar-refractivity contribution < 1.29 is 24.2 Å². The van der Waals surface area contributed by atoms with Gasteiger partial charge in [-0.15, -0.1) is 0 Å². The molecular weight excluding hydrogens is 396 g/mol. The predicted octanol–water partition coefficient (Wildman–Crippen LogP) is 2.77. The molecular formula is C24H34N2O5. The van der Waals surface area contributed by atoms with Gasteiger partial charge in [-0.1, -0.05) is 43.2 Å². The van der Waals surface area contributed by atoms with Crippen LogP contribution in [0.4, 0.5) is 0 Å². The second-order valence-electron chi connectivity index (χ2n) is 8.66. The van der Waals surface area contributed by atoms with E-state index in [1.165, 1.54) is 0 Å². The lowest BCUT2D eigenvalue weighted by molar-refractivity contribution is -0.152. The molecule has 0 aromatic heterocycles. The number of amides is 1. The van der Waals surface area contributed by atoms with E-state index in [1.54, 1.807) is 18.7 Å². The molecule has 1 aromatic carbocycles. The first-order chi connectivity index (χ1) is 14.9. The molecule has 2 fully saturated rings. The van der Waals surface area contributed by atoms with Gasteiger partial charge in [0.15, 0.2) is 0 Å². The minimum Gasteiger partial charge on any atom is -0.480 e. The van der Waals surface area contributed by atoms with E-state index < -0.39 is 24.1 Å². The summed E-state index contributed by atoms with van der Waals surface area (Å²) in [4.78, 5) is 39.3. The van der Waals surface area contributed by atoms with Gasteiger partial charge >= 0.3 is 11.9 Å². The third kappa shape index (κ3) is 5.64. The van der Waals surface area contributed by atoms with Crippen LogP contribution in [-0.4, -0.2) is 58.6 Å². The molecule has 7 nitrogen and oxygen atoms in total. The van der Waals surface area contributed by atoms with Gasteiger partial charge in [0.1, 0.15) is 12.1 Å². The summed E-state index contributed by atoms with van der Waals surface area (Å²) < 4.78 is 5.22. The van der Waals surface area contributed by atoms with Crippen molar-refractivity contribution in [3.63, 3.8) is 0 Å². The number of ether oxygens (including phenoxy) is 1. The van der Waals surface area contributed by atoms with Crippen molar-refractivity contribution in [2.75, 3.05) is 6.61 Å². The standard InChI is InChI=1S/C24H34N2O5/c1-3-31-24(30)19(14-13-17-9-5-4-6-10-17)25-16(2)22(27)26-20-12-8-7-11-18(20)15-21(26)23(28)29/h4-6,9-10,16,18-21,25H,3,7-8,11-15H2,1-2H3,(H,28,29)/t16-,18?,19-,20+,21+/m0/s1. The van der Waals surface area contributed by atoms with Crippen molar-refractivity contribution in [2.24, 2.45) is 5.92 Å². The van der Waals surface area contributed by atoms with Gasteiger partial charge in [-0.25, -0.2) is 4.79 Å². The molecule has 0 bridgehead atoms. The normalized spacial score (nSPS) is 24.8. The molecule has 170 valence electrons. The van der Waals surface area contributed by atoms with E-state index in [9.17, 15) is 19.5 Å². The fourth-order valence-electron chi connectivity index (χ4n) is 5.06. The minimum atomic E-state index is -0.944. The Morgan fingerprint density at radius 2 is 1.90 bits per heavy atom. The fourth-order valence-corrected chi connectivity index (χ4v) is 5.06. The number of hydrogen-bond acceptors (Lipinski definition) is 5. The average molecular weight is 431 g/mol. The highest BCUT2D eigenvalue weighted by atomic mass is 16.5. The third-order valence-corrected chi connectivity index (χ3v) is 6.58. The van der Waals surface area contributed by atoms with E-state index >= 15 is 0 Å². The van der Waals surface area contributed by atoms with Crippen LogP contribution in [0.3, 0.4) is 0 Å². The van der Waals surface area contributed by atoms with E-state index in [-0.39, 0.29) is 30.4 Å². The number of carbonyl (C=O) groups excluding carboxylic acids is 2. The maximum Gasteiger partial charge on any atom is 0.326 e. The van der Waals surface area contributed by atoms with Gasteiger partial charge in [0, 0.05) is 6.04 Å². The Hall–Kier alpha value is -2.41. The first-order valence-corrected chi connectivity index (χ1v) is 11.4. The molecule has 7 heteroatoms. The Labute approximate surface area is 184 Å². The molecule has 3 rings (SSSR count).